The van der Waals surface area contributed by atoms with E-state index in [-0.39, 0.29) is 5.91 Å². The van der Waals surface area contributed by atoms with Crippen molar-refractivity contribution in [1.29, 1.82) is 0 Å². The standard InChI is InChI=1S/C23H30N4O3/c1-29-19-6-4-18(5-7-19)16-25-13-8-23(9-14-25)22-24-10-15-27(22)17-20(30-23)21(28)26-11-2-3-12-26/h4-7,10,15,20H,2-3,8-9,11-14,16-17H2,1H3. The molecule has 0 saturated carbocycles. The minimum absolute atomic E-state index is 0.145. The third-order valence-corrected chi connectivity index (χ3v) is 6.78. The maximum Gasteiger partial charge on any atom is 0.253 e. The quantitative estimate of drug-likeness (QED) is 0.775. The average molecular weight is 411 g/mol. The molecule has 5 rings (SSSR count). The van der Waals surface area contributed by atoms with E-state index < -0.39 is 11.7 Å². The van der Waals surface area contributed by atoms with Gasteiger partial charge >= 0.3 is 0 Å². The predicted molar refractivity (Wildman–Crippen MR) is 112 cm³/mol. The van der Waals surface area contributed by atoms with E-state index in [0.717, 1.165) is 70.0 Å². The maximum absolute atomic E-state index is 13.1. The second-order valence-corrected chi connectivity index (χ2v) is 8.66. The van der Waals surface area contributed by atoms with Crippen LogP contribution < -0.4 is 4.74 Å². The summed E-state index contributed by atoms with van der Waals surface area (Å²) in [6.45, 7) is 5.04. The molecular formula is C23H30N4O3. The molecule has 1 unspecified atom stereocenters. The molecule has 2 aromatic rings. The molecule has 1 spiro atoms. The summed E-state index contributed by atoms with van der Waals surface area (Å²) in [6, 6.07) is 8.27. The number of hydrogen-bond acceptors (Lipinski definition) is 5. The molecular weight excluding hydrogens is 380 g/mol. The number of hydrogen-bond donors (Lipinski definition) is 0. The van der Waals surface area contributed by atoms with Crippen LogP contribution in [0.1, 0.15) is 37.1 Å². The van der Waals surface area contributed by atoms with Crippen LogP contribution >= 0.6 is 0 Å². The van der Waals surface area contributed by atoms with Crippen LogP contribution in [-0.2, 0) is 28.2 Å². The Morgan fingerprint density at radius 1 is 1.17 bits per heavy atom. The Balaban J connectivity index is 1.28. The molecule has 2 saturated heterocycles. The molecule has 160 valence electrons. The Labute approximate surface area is 177 Å². The summed E-state index contributed by atoms with van der Waals surface area (Å²) in [5.74, 6) is 2.01. The fourth-order valence-corrected chi connectivity index (χ4v) is 5.07. The Hall–Kier alpha value is -2.38. The van der Waals surface area contributed by atoms with Crippen LogP contribution in [-0.4, -0.2) is 64.7 Å². The first-order valence-electron chi connectivity index (χ1n) is 11.0. The number of aromatic nitrogens is 2. The van der Waals surface area contributed by atoms with Crippen molar-refractivity contribution in [3.05, 3.63) is 48.0 Å². The molecule has 1 atom stereocenters. The van der Waals surface area contributed by atoms with Crippen molar-refractivity contribution in [3.8, 4) is 5.75 Å². The molecule has 1 aromatic heterocycles. The van der Waals surface area contributed by atoms with E-state index in [1.54, 1.807) is 7.11 Å². The number of carbonyl (C=O) groups is 1. The van der Waals surface area contributed by atoms with Gasteiger partial charge in [-0.3, -0.25) is 9.69 Å². The lowest BCUT2D eigenvalue weighted by Gasteiger charge is -2.46. The predicted octanol–water partition coefficient (Wildman–Crippen LogP) is 2.40. The topological polar surface area (TPSA) is 59.8 Å². The summed E-state index contributed by atoms with van der Waals surface area (Å²) in [6.07, 6.45) is 7.33. The lowest BCUT2D eigenvalue weighted by molar-refractivity contribution is -0.180. The van der Waals surface area contributed by atoms with Gasteiger partial charge in [-0.05, 0) is 43.4 Å². The molecule has 2 fully saturated rings. The van der Waals surface area contributed by atoms with Crippen molar-refractivity contribution in [1.82, 2.24) is 19.4 Å². The van der Waals surface area contributed by atoms with Gasteiger partial charge in [0.25, 0.3) is 5.91 Å². The number of amides is 1. The van der Waals surface area contributed by atoms with Gasteiger partial charge in [-0.1, -0.05) is 12.1 Å². The van der Waals surface area contributed by atoms with Crippen molar-refractivity contribution in [2.45, 2.75) is 50.5 Å². The Bertz CT molecular complexity index is 880. The van der Waals surface area contributed by atoms with Crippen LogP contribution in [0.4, 0.5) is 0 Å². The van der Waals surface area contributed by atoms with Gasteiger partial charge in [0, 0.05) is 45.1 Å². The first-order valence-corrected chi connectivity index (χ1v) is 11.0. The van der Waals surface area contributed by atoms with E-state index >= 15 is 0 Å². The molecule has 7 nitrogen and oxygen atoms in total. The van der Waals surface area contributed by atoms with Gasteiger partial charge in [0.15, 0.2) is 6.10 Å². The first kappa shape index (κ1) is 19.6. The van der Waals surface area contributed by atoms with Gasteiger partial charge in [0.05, 0.1) is 13.7 Å². The molecule has 30 heavy (non-hydrogen) atoms. The highest BCUT2D eigenvalue weighted by Gasteiger charge is 2.47. The molecule has 1 aromatic carbocycles. The van der Waals surface area contributed by atoms with Crippen LogP contribution in [0.2, 0.25) is 0 Å². The summed E-state index contributed by atoms with van der Waals surface area (Å²) in [5.41, 5.74) is 0.818. The zero-order chi connectivity index (χ0) is 20.6. The number of nitrogens with zero attached hydrogens (tertiary/aromatic N) is 4. The zero-order valence-corrected chi connectivity index (χ0v) is 17.6. The van der Waals surface area contributed by atoms with Gasteiger partial charge in [-0.2, -0.15) is 0 Å². The number of likely N-dealkylation sites (tertiary alicyclic amines) is 2. The van der Waals surface area contributed by atoms with Gasteiger partial charge in [0.1, 0.15) is 17.2 Å². The van der Waals surface area contributed by atoms with Crippen LogP contribution in [0.5, 0.6) is 5.75 Å². The lowest BCUT2D eigenvalue weighted by Crippen LogP contribution is -2.54. The van der Waals surface area contributed by atoms with E-state index in [1.807, 2.05) is 29.4 Å². The Morgan fingerprint density at radius 3 is 2.60 bits per heavy atom. The van der Waals surface area contributed by atoms with E-state index in [1.165, 1.54) is 5.56 Å². The van der Waals surface area contributed by atoms with Crippen molar-refractivity contribution in [2.24, 2.45) is 0 Å². The van der Waals surface area contributed by atoms with E-state index in [9.17, 15) is 4.79 Å². The Morgan fingerprint density at radius 2 is 1.90 bits per heavy atom. The summed E-state index contributed by atoms with van der Waals surface area (Å²) in [7, 11) is 1.69. The lowest BCUT2D eigenvalue weighted by atomic mass is 9.88. The van der Waals surface area contributed by atoms with Crippen molar-refractivity contribution in [2.75, 3.05) is 33.3 Å². The number of rotatable bonds is 4. The number of benzene rings is 1. The van der Waals surface area contributed by atoms with Gasteiger partial charge in [-0.15, -0.1) is 0 Å². The normalized spacial score (nSPS) is 23.5. The van der Waals surface area contributed by atoms with Crippen LogP contribution in [0.3, 0.4) is 0 Å². The molecule has 7 heteroatoms. The third-order valence-electron chi connectivity index (χ3n) is 6.78. The van der Waals surface area contributed by atoms with Crippen LogP contribution in [0.25, 0.3) is 0 Å². The summed E-state index contributed by atoms with van der Waals surface area (Å²) >= 11 is 0. The number of ether oxygens (including phenoxy) is 2. The zero-order valence-electron chi connectivity index (χ0n) is 17.6. The minimum atomic E-state index is -0.460. The maximum atomic E-state index is 13.1. The highest BCUT2D eigenvalue weighted by Crippen LogP contribution is 2.40. The molecule has 0 radical (unpaired) electrons. The monoisotopic (exact) mass is 410 g/mol. The van der Waals surface area contributed by atoms with E-state index in [2.05, 4.69) is 26.6 Å². The van der Waals surface area contributed by atoms with Crippen LogP contribution in [0.15, 0.2) is 36.7 Å². The SMILES string of the molecule is COc1ccc(CN2CCC3(CC2)OC(C(=O)N2CCCC2)Cn2ccnc23)cc1. The van der Waals surface area contributed by atoms with Gasteiger partial charge in [-0.25, -0.2) is 4.98 Å². The first-order chi connectivity index (χ1) is 14.7. The highest BCUT2D eigenvalue weighted by atomic mass is 16.5. The fraction of sp³-hybridized carbons (Fsp3) is 0.565. The largest absolute Gasteiger partial charge is 0.497 e. The molecule has 3 aliphatic rings. The van der Waals surface area contributed by atoms with Crippen molar-refractivity contribution >= 4 is 5.91 Å². The summed E-state index contributed by atoms with van der Waals surface area (Å²) in [5, 5.41) is 0. The van der Waals surface area contributed by atoms with E-state index in [4.69, 9.17) is 9.47 Å². The summed E-state index contributed by atoms with van der Waals surface area (Å²) in [4.78, 5) is 22.1. The number of methoxy groups -OCH3 is 1. The molecule has 0 aliphatic carbocycles. The molecule has 3 aliphatic heterocycles. The number of fused-ring (bicyclic) bond motifs is 2. The Kier molecular flexibility index (Phi) is 5.25. The third kappa shape index (κ3) is 3.61. The molecule has 0 bridgehead atoms. The molecule has 1 amide bonds. The average Bonchev–Trinajstić information content (AvgIpc) is 3.48. The second-order valence-electron chi connectivity index (χ2n) is 8.66. The smallest absolute Gasteiger partial charge is 0.253 e. The van der Waals surface area contributed by atoms with E-state index in [0.29, 0.717) is 6.54 Å². The molecule has 0 N–H and O–H groups in total. The fourth-order valence-electron chi connectivity index (χ4n) is 5.07. The summed E-state index contributed by atoms with van der Waals surface area (Å²) < 4.78 is 14.0. The second kappa shape index (κ2) is 8.04. The molecule has 4 heterocycles. The van der Waals surface area contributed by atoms with Gasteiger partial charge in [0.2, 0.25) is 0 Å². The number of piperidine rings is 1. The van der Waals surface area contributed by atoms with Crippen molar-refractivity contribution < 1.29 is 14.3 Å². The number of imidazole rings is 1. The number of carbonyl (C=O) groups excluding carboxylic acids is 1. The van der Waals surface area contributed by atoms with Gasteiger partial charge < -0.3 is 18.9 Å². The van der Waals surface area contributed by atoms with Crippen molar-refractivity contribution in [3.63, 3.8) is 0 Å². The minimum Gasteiger partial charge on any atom is -0.497 e. The highest BCUT2D eigenvalue weighted by molar-refractivity contribution is 5.81. The van der Waals surface area contributed by atoms with Crippen LogP contribution in [0, 0.1) is 0 Å².